The van der Waals surface area contributed by atoms with Gasteiger partial charge in [-0.05, 0) is 31.0 Å². The van der Waals surface area contributed by atoms with Gasteiger partial charge in [0.15, 0.2) is 0 Å². The molecule has 7 heteroatoms. The van der Waals surface area contributed by atoms with E-state index in [0.717, 1.165) is 41.7 Å². The lowest BCUT2D eigenvalue weighted by molar-refractivity contribution is -0.119. The van der Waals surface area contributed by atoms with Gasteiger partial charge < -0.3 is 15.6 Å². The van der Waals surface area contributed by atoms with Gasteiger partial charge in [-0.1, -0.05) is 34.1 Å². The largest absolute Gasteiger partial charge is 0.369 e. The normalized spacial score (nSPS) is 15.8. The molecule has 6 nitrogen and oxygen atoms in total. The van der Waals surface area contributed by atoms with E-state index in [4.69, 9.17) is 5.73 Å². The van der Waals surface area contributed by atoms with Gasteiger partial charge in [-0.3, -0.25) is 14.5 Å². The van der Waals surface area contributed by atoms with Crippen molar-refractivity contribution in [2.45, 2.75) is 18.9 Å². The standard InChI is InChI=1S/C19H23BrN4O2/c1-23-16(14-4-2-3-5-15(14)20)6-7-17(23)19(26)22-13-8-10-24(11-9-13)12-18(21)25/h2-7,13H,8-12H2,1H3,(H2,21,25)(H,22,26). The molecule has 1 aliphatic rings. The number of likely N-dealkylation sites (tertiary alicyclic amines) is 1. The van der Waals surface area contributed by atoms with Gasteiger partial charge in [-0.2, -0.15) is 0 Å². The molecule has 0 aliphatic carbocycles. The van der Waals surface area contributed by atoms with E-state index in [1.54, 1.807) is 0 Å². The molecule has 3 rings (SSSR count). The summed E-state index contributed by atoms with van der Waals surface area (Å²) in [6, 6.07) is 11.9. The maximum Gasteiger partial charge on any atom is 0.268 e. The van der Waals surface area contributed by atoms with Crippen molar-refractivity contribution in [3.8, 4) is 11.3 Å². The van der Waals surface area contributed by atoms with Crippen LogP contribution in [0.1, 0.15) is 23.3 Å². The molecule has 0 saturated carbocycles. The van der Waals surface area contributed by atoms with Gasteiger partial charge in [-0.15, -0.1) is 0 Å². The van der Waals surface area contributed by atoms with Gasteiger partial charge >= 0.3 is 0 Å². The van der Waals surface area contributed by atoms with Crippen LogP contribution in [0.15, 0.2) is 40.9 Å². The highest BCUT2D eigenvalue weighted by molar-refractivity contribution is 9.10. The zero-order chi connectivity index (χ0) is 18.7. The van der Waals surface area contributed by atoms with Crippen molar-refractivity contribution in [2.24, 2.45) is 12.8 Å². The number of halogens is 1. The lowest BCUT2D eigenvalue weighted by atomic mass is 10.0. The fraction of sp³-hybridized carbons (Fsp3) is 0.368. The summed E-state index contributed by atoms with van der Waals surface area (Å²) in [5.41, 5.74) is 7.91. The third-order valence-electron chi connectivity index (χ3n) is 4.81. The van der Waals surface area contributed by atoms with E-state index in [1.165, 1.54) is 0 Å². The second-order valence-corrected chi connectivity index (χ2v) is 7.49. The van der Waals surface area contributed by atoms with E-state index in [9.17, 15) is 9.59 Å². The molecule has 2 heterocycles. The first-order valence-corrected chi connectivity index (χ1v) is 9.47. The SMILES string of the molecule is Cn1c(C(=O)NC2CCN(CC(N)=O)CC2)ccc1-c1ccccc1Br. The van der Waals surface area contributed by atoms with Gasteiger partial charge in [-0.25, -0.2) is 0 Å². The Hall–Kier alpha value is -2.12. The predicted molar refractivity (Wildman–Crippen MR) is 105 cm³/mol. The second kappa shape index (κ2) is 8.05. The van der Waals surface area contributed by atoms with Gasteiger partial charge in [0.05, 0.1) is 6.54 Å². The Kier molecular flexibility index (Phi) is 5.78. The fourth-order valence-corrected chi connectivity index (χ4v) is 3.88. The summed E-state index contributed by atoms with van der Waals surface area (Å²) in [5.74, 6) is -0.380. The summed E-state index contributed by atoms with van der Waals surface area (Å²) in [4.78, 5) is 25.7. The Labute approximate surface area is 161 Å². The molecule has 3 N–H and O–H groups in total. The van der Waals surface area contributed by atoms with Crippen molar-refractivity contribution < 1.29 is 9.59 Å². The molecule has 1 saturated heterocycles. The van der Waals surface area contributed by atoms with Crippen molar-refractivity contribution in [1.29, 1.82) is 0 Å². The molecule has 138 valence electrons. The van der Waals surface area contributed by atoms with E-state index in [0.29, 0.717) is 5.69 Å². The molecule has 2 aromatic rings. The van der Waals surface area contributed by atoms with Gasteiger partial charge in [0.2, 0.25) is 5.91 Å². The summed E-state index contributed by atoms with van der Waals surface area (Å²) in [5, 5.41) is 3.11. The number of carbonyl (C=O) groups excluding carboxylic acids is 2. The minimum Gasteiger partial charge on any atom is -0.369 e. The third-order valence-corrected chi connectivity index (χ3v) is 5.50. The van der Waals surface area contributed by atoms with Crippen LogP contribution in [0.2, 0.25) is 0 Å². The Morgan fingerprint density at radius 2 is 1.88 bits per heavy atom. The summed E-state index contributed by atoms with van der Waals surface area (Å²) < 4.78 is 2.91. The Morgan fingerprint density at radius 1 is 1.19 bits per heavy atom. The van der Waals surface area contributed by atoms with Gasteiger partial charge in [0.25, 0.3) is 5.91 Å². The number of nitrogens with zero attached hydrogens (tertiary/aromatic N) is 2. The van der Waals surface area contributed by atoms with E-state index < -0.39 is 0 Å². The molecule has 1 fully saturated rings. The Morgan fingerprint density at radius 3 is 2.54 bits per heavy atom. The quantitative estimate of drug-likeness (QED) is 0.780. The Balaban J connectivity index is 1.65. The zero-order valence-electron chi connectivity index (χ0n) is 14.7. The zero-order valence-corrected chi connectivity index (χ0v) is 16.3. The monoisotopic (exact) mass is 418 g/mol. The molecule has 1 aliphatic heterocycles. The smallest absolute Gasteiger partial charge is 0.268 e. The first kappa shape index (κ1) is 18.7. The number of hydrogen-bond acceptors (Lipinski definition) is 3. The van der Waals surface area contributed by atoms with Crippen LogP contribution in [0.3, 0.4) is 0 Å². The molecule has 0 radical (unpaired) electrons. The summed E-state index contributed by atoms with van der Waals surface area (Å²) in [6.07, 6.45) is 1.64. The van der Waals surface area contributed by atoms with Crippen LogP contribution < -0.4 is 11.1 Å². The summed E-state index contributed by atoms with van der Waals surface area (Å²) in [7, 11) is 1.90. The minimum atomic E-state index is -0.309. The molecule has 0 atom stereocenters. The summed E-state index contributed by atoms with van der Waals surface area (Å²) in [6.45, 7) is 1.82. The second-order valence-electron chi connectivity index (χ2n) is 6.63. The average Bonchev–Trinajstić information content (AvgIpc) is 2.98. The highest BCUT2D eigenvalue weighted by Crippen LogP contribution is 2.29. The number of rotatable bonds is 5. The third kappa shape index (κ3) is 4.16. The van der Waals surface area contributed by atoms with Crippen molar-refractivity contribution in [1.82, 2.24) is 14.8 Å². The van der Waals surface area contributed by atoms with Gasteiger partial charge in [0.1, 0.15) is 5.69 Å². The number of nitrogens with two attached hydrogens (primary N) is 1. The number of piperidine rings is 1. The number of primary amides is 1. The number of carbonyl (C=O) groups is 2. The van der Waals surface area contributed by atoms with E-state index in [-0.39, 0.29) is 24.4 Å². The lowest BCUT2D eigenvalue weighted by Crippen LogP contribution is -2.47. The number of benzene rings is 1. The molecular weight excluding hydrogens is 396 g/mol. The molecule has 1 aromatic carbocycles. The van der Waals surface area contributed by atoms with Crippen molar-refractivity contribution >= 4 is 27.7 Å². The highest BCUT2D eigenvalue weighted by Gasteiger charge is 2.23. The fourth-order valence-electron chi connectivity index (χ4n) is 3.39. The highest BCUT2D eigenvalue weighted by atomic mass is 79.9. The first-order valence-electron chi connectivity index (χ1n) is 8.68. The molecule has 0 bridgehead atoms. The molecular formula is C19H23BrN4O2. The minimum absolute atomic E-state index is 0.0702. The van der Waals surface area contributed by atoms with Crippen LogP contribution >= 0.6 is 15.9 Å². The molecule has 0 unspecified atom stereocenters. The maximum atomic E-state index is 12.7. The molecule has 0 spiro atoms. The lowest BCUT2D eigenvalue weighted by Gasteiger charge is -2.31. The van der Waals surface area contributed by atoms with E-state index >= 15 is 0 Å². The average molecular weight is 419 g/mol. The number of hydrogen-bond donors (Lipinski definition) is 2. The van der Waals surface area contributed by atoms with Crippen LogP contribution in [-0.4, -0.2) is 47.0 Å². The van der Waals surface area contributed by atoms with Crippen LogP contribution in [0.5, 0.6) is 0 Å². The van der Waals surface area contributed by atoms with Crippen molar-refractivity contribution in [3.05, 3.63) is 46.6 Å². The Bertz CT molecular complexity index is 810. The predicted octanol–water partition coefficient (Wildman–Crippen LogP) is 2.13. The van der Waals surface area contributed by atoms with Crippen molar-refractivity contribution in [2.75, 3.05) is 19.6 Å². The van der Waals surface area contributed by atoms with Crippen LogP contribution in [-0.2, 0) is 11.8 Å². The first-order chi connectivity index (χ1) is 12.5. The van der Waals surface area contributed by atoms with E-state index in [1.807, 2.05) is 52.9 Å². The summed E-state index contributed by atoms with van der Waals surface area (Å²) >= 11 is 3.56. The van der Waals surface area contributed by atoms with Crippen LogP contribution in [0.4, 0.5) is 0 Å². The molecule has 26 heavy (non-hydrogen) atoms. The van der Waals surface area contributed by atoms with Gasteiger partial charge in [0, 0.05) is 41.9 Å². The number of amides is 2. The maximum absolute atomic E-state index is 12.7. The molecule has 1 aromatic heterocycles. The van der Waals surface area contributed by atoms with Crippen molar-refractivity contribution in [3.63, 3.8) is 0 Å². The van der Waals surface area contributed by atoms with E-state index in [2.05, 4.69) is 21.2 Å². The van der Waals surface area contributed by atoms with Crippen LogP contribution in [0.25, 0.3) is 11.3 Å². The van der Waals surface area contributed by atoms with Crippen LogP contribution in [0, 0.1) is 0 Å². The number of aromatic nitrogens is 1. The molecule has 2 amide bonds. The number of nitrogens with one attached hydrogen (secondary N) is 1. The topological polar surface area (TPSA) is 80.4 Å².